The Morgan fingerprint density at radius 1 is 1.08 bits per heavy atom. The Morgan fingerprint density at radius 2 is 1.74 bits per heavy atom. The lowest BCUT2D eigenvalue weighted by Gasteiger charge is -2.44. The van der Waals surface area contributed by atoms with Crippen molar-refractivity contribution < 1.29 is 23.5 Å². The van der Waals surface area contributed by atoms with Crippen LogP contribution in [0.3, 0.4) is 0 Å². The van der Waals surface area contributed by atoms with Gasteiger partial charge in [0.2, 0.25) is 5.91 Å². The molecule has 1 N–H and O–H groups in total. The highest BCUT2D eigenvalue weighted by Gasteiger charge is 2.45. The van der Waals surface area contributed by atoms with Crippen molar-refractivity contribution in [2.45, 2.75) is 77.0 Å². The zero-order valence-electron chi connectivity index (χ0n) is 24.4. The topological polar surface area (TPSA) is 77.1 Å². The summed E-state index contributed by atoms with van der Waals surface area (Å²) >= 11 is 0. The van der Waals surface area contributed by atoms with Crippen LogP contribution in [0, 0.1) is 0 Å². The summed E-state index contributed by atoms with van der Waals surface area (Å²) in [6, 6.07) is 17.3. The van der Waals surface area contributed by atoms with Crippen LogP contribution in [0.2, 0.25) is 18.1 Å². The van der Waals surface area contributed by atoms with Gasteiger partial charge >= 0.3 is 5.97 Å². The van der Waals surface area contributed by atoms with Crippen LogP contribution in [0.4, 0.5) is 0 Å². The lowest BCUT2D eigenvalue weighted by atomic mass is 9.95. The molecule has 39 heavy (non-hydrogen) atoms. The molecule has 3 rings (SSSR count). The van der Waals surface area contributed by atoms with Crippen molar-refractivity contribution in [3.8, 4) is 5.75 Å². The second-order valence-corrected chi connectivity index (χ2v) is 16.3. The predicted octanol–water partition coefficient (Wildman–Crippen LogP) is 5.12. The smallest absolute Gasteiger partial charge is 0.330 e. The molecule has 7 nitrogen and oxygen atoms in total. The number of benzene rings is 2. The molecule has 1 aliphatic heterocycles. The van der Waals surface area contributed by atoms with Gasteiger partial charge < -0.3 is 19.2 Å². The highest BCUT2D eigenvalue weighted by atomic mass is 28.4. The SMILES string of the molecule is CCOC(=O)/C=C/[C@@H]1[C@@H](O[Si](C)(C)C(C)(C)C)[C@@H](Cc2ccccc2)NC(=O)CN1Cc1ccc(OC)cc1. The van der Waals surface area contributed by atoms with E-state index in [1.54, 1.807) is 14.0 Å². The van der Waals surface area contributed by atoms with E-state index >= 15 is 0 Å². The van der Waals surface area contributed by atoms with Gasteiger partial charge in [-0.15, -0.1) is 0 Å². The van der Waals surface area contributed by atoms with Crippen molar-refractivity contribution >= 4 is 20.2 Å². The Hall–Kier alpha value is -2.94. The summed E-state index contributed by atoms with van der Waals surface area (Å²) in [6.45, 7) is 13.8. The van der Waals surface area contributed by atoms with E-state index < -0.39 is 14.3 Å². The minimum absolute atomic E-state index is 0.0448. The van der Waals surface area contributed by atoms with Gasteiger partial charge in [0.25, 0.3) is 0 Å². The van der Waals surface area contributed by atoms with E-state index in [4.69, 9.17) is 13.9 Å². The number of esters is 1. The zero-order valence-corrected chi connectivity index (χ0v) is 25.4. The van der Waals surface area contributed by atoms with E-state index in [1.165, 1.54) is 6.08 Å². The molecule has 1 aliphatic rings. The average molecular weight is 553 g/mol. The van der Waals surface area contributed by atoms with Gasteiger partial charge in [-0.05, 0) is 54.7 Å². The minimum atomic E-state index is -2.29. The molecule has 1 amide bonds. The molecule has 0 aliphatic carbocycles. The Bertz CT molecular complexity index is 1110. The van der Waals surface area contributed by atoms with E-state index in [1.807, 2.05) is 48.5 Å². The molecule has 8 heteroatoms. The molecule has 1 fully saturated rings. The van der Waals surface area contributed by atoms with Crippen LogP contribution in [0.15, 0.2) is 66.7 Å². The van der Waals surface area contributed by atoms with Gasteiger partial charge in [-0.2, -0.15) is 0 Å². The van der Waals surface area contributed by atoms with Crippen molar-refractivity contribution in [3.05, 3.63) is 77.9 Å². The molecule has 0 saturated carbocycles. The molecule has 2 aromatic carbocycles. The fourth-order valence-electron chi connectivity index (χ4n) is 4.50. The molecule has 212 valence electrons. The minimum Gasteiger partial charge on any atom is -0.497 e. The quantitative estimate of drug-likeness (QED) is 0.251. The molecule has 0 spiro atoms. The number of methoxy groups -OCH3 is 1. The molecule has 0 bridgehead atoms. The number of hydrogen-bond donors (Lipinski definition) is 1. The molecule has 0 radical (unpaired) electrons. The highest BCUT2D eigenvalue weighted by molar-refractivity contribution is 6.74. The standard InChI is InChI=1S/C31H44N2O5Si/c1-8-37-29(35)19-18-27-30(38-39(6,7)31(2,3)4)26(20-23-12-10-9-11-13-23)32-28(34)22-33(27)21-24-14-16-25(36-5)17-15-24/h9-19,26-27,30H,8,20-22H2,1-7H3,(H,32,34)/b19-18+/t26-,27-,30+/m1/s1. The Kier molecular flexibility index (Phi) is 10.5. The van der Waals surface area contributed by atoms with Gasteiger partial charge in [0.05, 0.1) is 38.4 Å². The number of carbonyl (C=O) groups excluding carboxylic acids is 2. The first-order valence-corrected chi connectivity index (χ1v) is 16.6. The fraction of sp³-hybridized carbons (Fsp3) is 0.484. The predicted molar refractivity (Wildman–Crippen MR) is 157 cm³/mol. The number of ether oxygens (including phenoxy) is 2. The molecule has 0 aromatic heterocycles. The first-order chi connectivity index (χ1) is 18.4. The van der Waals surface area contributed by atoms with Gasteiger partial charge in [-0.25, -0.2) is 4.79 Å². The highest BCUT2D eigenvalue weighted by Crippen LogP contribution is 2.39. The summed E-state index contributed by atoms with van der Waals surface area (Å²) in [7, 11) is -0.649. The third kappa shape index (κ3) is 8.52. The molecular formula is C31H44N2O5Si. The van der Waals surface area contributed by atoms with Gasteiger partial charge in [0.15, 0.2) is 8.32 Å². The second kappa shape index (κ2) is 13.4. The summed E-state index contributed by atoms with van der Waals surface area (Å²) in [6.07, 6.45) is 3.57. The molecular weight excluding hydrogens is 508 g/mol. The van der Waals surface area contributed by atoms with E-state index in [9.17, 15) is 9.59 Å². The molecule has 2 aromatic rings. The van der Waals surface area contributed by atoms with Gasteiger partial charge in [-0.3, -0.25) is 9.69 Å². The van der Waals surface area contributed by atoms with Gasteiger partial charge in [0, 0.05) is 12.6 Å². The maximum absolute atomic E-state index is 13.3. The van der Waals surface area contributed by atoms with E-state index in [2.05, 4.69) is 56.2 Å². The fourth-order valence-corrected chi connectivity index (χ4v) is 5.84. The van der Waals surface area contributed by atoms with Crippen molar-refractivity contribution in [1.82, 2.24) is 10.2 Å². The number of carbonyl (C=O) groups is 2. The van der Waals surface area contributed by atoms with Crippen molar-refractivity contribution in [3.63, 3.8) is 0 Å². The maximum Gasteiger partial charge on any atom is 0.330 e. The summed E-state index contributed by atoms with van der Waals surface area (Å²) in [5, 5.41) is 3.23. The maximum atomic E-state index is 13.3. The second-order valence-electron chi connectivity index (χ2n) is 11.6. The molecule has 1 saturated heterocycles. The summed E-state index contributed by atoms with van der Waals surface area (Å²) in [5.41, 5.74) is 2.15. The number of amides is 1. The van der Waals surface area contributed by atoms with Gasteiger partial charge in [-0.1, -0.05) is 69.3 Å². The summed E-state index contributed by atoms with van der Waals surface area (Å²) in [4.78, 5) is 27.9. The number of nitrogens with one attached hydrogen (secondary N) is 1. The molecule has 1 heterocycles. The van der Waals surface area contributed by atoms with Crippen molar-refractivity contribution in [1.29, 1.82) is 0 Å². The molecule has 3 atom stereocenters. The van der Waals surface area contributed by atoms with Crippen molar-refractivity contribution in [2.24, 2.45) is 0 Å². The Labute approximate surface area is 234 Å². The first-order valence-electron chi connectivity index (χ1n) is 13.7. The van der Waals surface area contributed by atoms with Crippen molar-refractivity contribution in [2.75, 3.05) is 20.3 Å². The van der Waals surface area contributed by atoms with Crippen LogP contribution in [0.5, 0.6) is 5.75 Å². The molecule has 0 unspecified atom stereocenters. The monoisotopic (exact) mass is 552 g/mol. The lowest BCUT2D eigenvalue weighted by molar-refractivity contribution is -0.137. The van der Waals surface area contributed by atoms with E-state index in [0.29, 0.717) is 19.6 Å². The third-order valence-electron chi connectivity index (χ3n) is 7.64. The number of nitrogens with zero attached hydrogens (tertiary/aromatic N) is 1. The van der Waals surface area contributed by atoms with E-state index in [0.717, 1.165) is 16.9 Å². The largest absolute Gasteiger partial charge is 0.497 e. The van der Waals surface area contributed by atoms with E-state index in [-0.39, 0.29) is 35.7 Å². The Balaban J connectivity index is 2.08. The van der Waals surface area contributed by atoms with Crippen LogP contribution < -0.4 is 10.1 Å². The van der Waals surface area contributed by atoms with Crippen LogP contribution in [-0.2, 0) is 31.7 Å². The number of rotatable bonds is 10. The summed E-state index contributed by atoms with van der Waals surface area (Å²) in [5.74, 6) is 0.296. The van der Waals surface area contributed by atoms with Crippen LogP contribution in [0.25, 0.3) is 0 Å². The zero-order chi connectivity index (χ0) is 28.6. The van der Waals surface area contributed by atoms with Crippen LogP contribution in [0.1, 0.15) is 38.8 Å². The number of hydrogen-bond acceptors (Lipinski definition) is 6. The van der Waals surface area contributed by atoms with Crippen LogP contribution >= 0.6 is 0 Å². The average Bonchev–Trinajstić information content (AvgIpc) is 2.99. The summed E-state index contributed by atoms with van der Waals surface area (Å²) < 4.78 is 17.7. The Morgan fingerprint density at radius 3 is 2.33 bits per heavy atom. The first kappa shape index (κ1) is 30.6. The third-order valence-corrected chi connectivity index (χ3v) is 12.1. The lowest BCUT2D eigenvalue weighted by Crippen LogP contribution is -2.56. The van der Waals surface area contributed by atoms with Crippen LogP contribution in [-0.4, -0.2) is 63.5 Å². The normalized spacial score (nSPS) is 20.9. The van der Waals surface area contributed by atoms with Gasteiger partial charge in [0.1, 0.15) is 5.75 Å².